The summed E-state index contributed by atoms with van der Waals surface area (Å²) < 4.78 is 5.04. The summed E-state index contributed by atoms with van der Waals surface area (Å²) >= 11 is 0. The fraction of sp³-hybridized carbons (Fsp3) is 0.750. The first-order valence-electron chi connectivity index (χ1n) is 3.70. The molecule has 68 valence electrons. The number of aliphatic hydroxyl groups is 3. The summed E-state index contributed by atoms with van der Waals surface area (Å²) in [6, 6.07) is 0. The van der Waals surface area contributed by atoms with Crippen molar-refractivity contribution in [3.8, 4) is 12.3 Å². The lowest BCUT2D eigenvalue weighted by Gasteiger charge is -2.23. The van der Waals surface area contributed by atoms with Gasteiger partial charge >= 0.3 is 0 Å². The average Bonchev–Trinajstić information content (AvgIpc) is 2.30. The number of rotatable bonds is 1. The van der Waals surface area contributed by atoms with Gasteiger partial charge in [-0.05, 0) is 6.92 Å². The highest BCUT2D eigenvalue weighted by atomic mass is 16.6. The van der Waals surface area contributed by atoms with Gasteiger partial charge in [-0.25, -0.2) is 0 Å². The Labute approximate surface area is 70.8 Å². The van der Waals surface area contributed by atoms with Crippen LogP contribution in [0.1, 0.15) is 6.92 Å². The summed E-state index contributed by atoms with van der Waals surface area (Å²) in [6.45, 7) is 1.19. The van der Waals surface area contributed by atoms with Gasteiger partial charge in [0.25, 0.3) is 0 Å². The van der Waals surface area contributed by atoms with Crippen LogP contribution in [0.2, 0.25) is 0 Å². The van der Waals surface area contributed by atoms with Crippen molar-refractivity contribution in [3.05, 3.63) is 0 Å². The van der Waals surface area contributed by atoms with Crippen LogP contribution in [0.5, 0.6) is 0 Å². The van der Waals surface area contributed by atoms with Gasteiger partial charge in [0.1, 0.15) is 12.2 Å². The molecule has 1 aliphatic heterocycles. The van der Waals surface area contributed by atoms with Crippen molar-refractivity contribution in [1.82, 2.24) is 0 Å². The van der Waals surface area contributed by atoms with Crippen LogP contribution in [-0.2, 0) is 4.74 Å². The molecule has 4 atom stereocenters. The molecule has 1 fully saturated rings. The monoisotopic (exact) mass is 172 g/mol. The Kier molecular flexibility index (Phi) is 2.40. The Balaban J connectivity index is 2.89. The quantitative estimate of drug-likeness (QED) is 0.421. The second-order valence-electron chi connectivity index (χ2n) is 2.93. The molecule has 1 saturated heterocycles. The summed E-state index contributed by atoms with van der Waals surface area (Å²) in [5.41, 5.74) is -1.76. The Morgan fingerprint density at radius 2 is 2.25 bits per heavy atom. The standard InChI is InChI=1S/C8H12O4/c1-3-8(11)6(4-9)12-5(2)7(8)10/h1,5-7,9-11H,4H2,2H3/t5-,6+,7-,8+/m0/s1. The largest absolute Gasteiger partial charge is 0.394 e. The molecule has 0 aromatic rings. The van der Waals surface area contributed by atoms with Gasteiger partial charge < -0.3 is 20.1 Å². The van der Waals surface area contributed by atoms with E-state index in [1.54, 1.807) is 6.92 Å². The fourth-order valence-corrected chi connectivity index (χ4v) is 1.35. The Hall–Kier alpha value is -0.600. The first-order valence-corrected chi connectivity index (χ1v) is 3.70. The van der Waals surface area contributed by atoms with Crippen molar-refractivity contribution < 1.29 is 20.1 Å². The third kappa shape index (κ3) is 1.11. The highest BCUT2D eigenvalue weighted by Gasteiger charge is 2.52. The first-order chi connectivity index (χ1) is 5.56. The average molecular weight is 172 g/mol. The summed E-state index contributed by atoms with van der Waals surface area (Å²) in [5, 5.41) is 27.8. The fourth-order valence-electron chi connectivity index (χ4n) is 1.35. The predicted octanol–water partition coefficient (Wildman–Crippen LogP) is -1.51. The molecule has 0 bridgehead atoms. The molecule has 1 aliphatic rings. The molecule has 0 aromatic heterocycles. The summed E-state index contributed by atoms with van der Waals surface area (Å²) in [4.78, 5) is 0. The minimum Gasteiger partial charge on any atom is -0.394 e. The second kappa shape index (κ2) is 3.04. The molecule has 0 spiro atoms. The van der Waals surface area contributed by atoms with Crippen molar-refractivity contribution in [2.24, 2.45) is 0 Å². The molecule has 0 unspecified atom stereocenters. The Morgan fingerprint density at radius 3 is 2.58 bits per heavy atom. The van der Waals surface area contributed by atoms with Gasteiger partial charge in [-0.15, -0.1) is 6.42 Å². The minimum atomic E-state index is -1.76. The van der Waals surface area contributed by atoms with Gasteiger partial charge in [-0.2, -0.15) is 0 Å². The SMILES string of the molecule is C#C[C@@]1(O)[C@@H](CO)O[C@@H](C)[C@@H]1O. The molecule has 0 radical (unpaired) electrons. The van der Waals surface area contributed by atoms with E-state index >= 15 is 0 Å². The molecule has 0 saturated carbocycles. The molecule has 4 heteroatoms. The van der Waals surface area contributed by atoms with E-state index in [2.05, 4.69) is 0 Å². The predicted molar refractivity (Wildman–Crippen MR) is 41.2 cm³/mol. The van der Waals surface area contributed by atoms with E-state index in [-0.39, 0.29) is 0 Å². The number of ether oxygens (including phenoxy) is 1. The Morgan fingerprint density at radius 1 is 1.67 bits per heavy atom. The van der Waals surface area contributed by atoms with Crippen LogP contribution in [0, 0.1) is 12.3 Å². The minimum absolute atomic E-state index is 0.401. The number of hydrogen-bond acceptors (Lipinski definition) is 4. The lowest BCUT2D eigenvalue weighted by molar-refractivity contribution is -0.0529. The lowest BCUT2D eigenvalue weighted by Crippen LogP contribution is -2.47. The van der Waals surface area contributed by atoms with Crippen LogP contribution in [0.15, 0.2) is 0 Å². The van der Waals surface area contributed by atoms with E-state index in [1.165, 1.54) is 0 Å². The second-order valence-corrected chi connectivity index (χ2v) is 2.93. The number of terminal acetylenes is 1. The van der Waals surface area contributed by atoms with Gasteiger partial charge in [-0.3, -0.25) is 0 Å². The molecule has 4 nitrogen and oxygen atoms in total. The van der Waals surface area contributed by atoms with Crippen LogP contribution in [0.3, 0.4) is 0 Å². The van der Waals surface area contributed by atoms with Crippen LogP contribution in [0.4, 0.5) is 0 Å². The third-order valence-electron chi connectivity index (χ3n) is 2.16. The van der Waals surface area contributed by atoms with E-state index in [0.717, 1.165) is 0 Å². The van der Waals surface area contributed by atoms with Gasteiger partial charge in [-0.1, -0.05) is 5.92 Å². The normalized spacial score (nSPS) is 47.4. The van der Waals surface area contributed by atoms with Gasteiger partial charge in [0.15, 0.2) is 5.60 Å². The zero-order valence-electron chi connectivity index (χ0n) is 6.77. The van der Waals surface area contributed by atoms with Gasteiger partial charge in [0.05, 0.1) is 12.7 Å². The van der Waals surface area contributed by atoms with Crippen LogP contribution < -0.4 is 0 Å². The zero-order chi connectivity index (χ0) is 9.35. The van der Waals surface area contributed by atoms with Gasteiger partial charge in [0, 0.05) is 0 Å². The summed E-state index contributed by atoms with van der Waals surface area (Å²) in [7, 11) is 0. The molecule has 3 N–H and O–H groups in total. The smallest absolute Gasteiger partial charge is 0.181 e. The van der Waals surface area contributed by atoms with Crippen molar-refractivity contribution in [2.45, 2.75) is 30.8 Å². The summed E-state index contributed by atoms with van der Waals surface area (Å²) in [6.07, 6.45) is 2.45. The molecule has 0 aliphatic carbocycles. The molecular weight excluding hydrogens is 160 g/mol. The molecule has 0 amide bonds. The zero-order valence-corrected chi connectivity index (χ0v) is 6.77. The van der Waals surface area contributed by atoms with Crippen LogP contribution >= 0.6 is 0 Å². The van der Waals surface area contributed by atoms with E-state index in [4.69, 9.17) is 16.3 Å². The summed E-state index contributed by atoms with van der Waals surface area (Å²) in [5.74, 6) is 2.04. The van der Waals surface area contributed by atoms with Gasteiger partial charge in [0.2, 0.25) is 0 Å². The highest BCUT2D eigenvalue weighted by Crippen LogP contribution is 2.30. The molecular formula is C8H12O4. The number of hydrogen-bond donors (Lipinski definition) is 3. The van der Waals surface area contributed by atoms with E-state index in [0.29, 0.717) is 0 Å². The van der Waals surface area contributed by atoms with Crippen LogP contribution in [0.25, 0.3) is 0 Å². The van der Waals surface area contributed by atoms with E-state index in [9.17, 15) is 10.2 Å². The maximum Gasteiger partial charge on any atom is 0.181 e. The lowest BCUT2D eigenvalue weighted by atomic mass is 9.92. The van der Waals surface area contributed by atoms with Crippen molar-refractivity contribution in [2.75, 3.05) is 6.61 Å². The molecule has 0 aromatic carbocycles. The Bertz CT molecular complexity index is 210. The molecule has 1 rings (SSSR count). The highest BCUT2D eigenvalue weighted by molar-refractivity contribution is 5.19. The van der Waals surface area contributed by atoms with Crippen molar-refractivity contribution >= 4 is 0 Å². The number of aliphatic hydroxyl groups excluding tert-OH is 2. The molecule has 1 heterocycles. The van der Waals surface area contributed by atoms with Crippen LogP contribution in [-0.4, -0.2) is 45.8 Å². The van der Waals surface area contributed by atoms with Crippen molar-refractivity contribution in [3.63, 3.8) is 0 Å². The maximum atomic E-state index is 9.63. The maximum absolute atomic E-state index is 9.63. The first kappa shape index (κ1) is 9.49. The topological polar surface area (TPSA) is 69.9 Å². The third-order valence-corrected chi connectivity index (χ3v) is 2.16. The van der Waals surface area contributed by atoms with E-state index in [1.807, 2.05) is 5.92 Å². The van der Waals surface area contributed by atoms with E-state index < -0.39 is 30.5 Å². The molecule has 12 heavy (non-hydrogen) atoms. The van der Waals surface area contributed by atoms with Crippen molar-refractivity contribution in [1.29, 1.82) is 0 Å².